The van der Waals surface area contributed by atoms with Gasteiger partial charge >= 0.3 is 0 Å². The molecule has 5 nitrogen and oxygen atoms in total. The molecule has 1 fully saturated rings. The van der Waals surface area contributed by atoms with Crippen LogP contribution in [0, 0.1) is 12.8 Å². The third-order valence-corrected chi connectivity index (χ3v) is 3.39. The number of pyridine rings is 1. The van der Waals surface area contributed by atoms with Crippen LogP contribution in [-0.4, -0.2) is 34.3 Å². The molecule has 1 atom stereocenters. The summed E-state index contributed by atoms with van der Waals surface area (Å²) in [5, 5.41) is 2.66. The van der Waals surface area contributed by atoms with E-state index in [1.165, 1.54) is 0 Å². The van der Waals surface area contributed by atoms with Crippen molar-refractivity contribution in [2.75, 3.05) is 6.54 Å². The second kappa shape index (κ2) is 6.03. The van der Waals surface area contributed by atoms with Gasteiger partial charge in [-0.1, -0.05) is 19.9 Å². The van der Waals surface area contributed by atoms with Gasteiger partial charge < -0.3 is 10.2 Å². The third kappa shape index (κ3) is 3.35. The van der Waals surface area contributed by atoms with Crippen LogP contribution in [0.25, 0.3) is 0 Å². The van der Waals surface area contributed by atoms with E-state index in [1.807, 2.05) is 25.1 Å². The van der Waals surface area contributed by atoms with Crippen molar-refractivity contribution in [1.82, 2.24) is 15.2 Å². The predicted molar refractivity (Wildman–Crippen MR) is 75.8 cm³/mol. The van der Waals surface area contributed by atoms with E-state index >= 15 is 0 Å². The number of aryl methyl sites for hydroxylation is 1. The molecule has 2 amide bonds. The number of nitrogens with one attached hydrogen (secondary N) is 1. The average Bonchev–Trinajstić information content (AvgIpc) is 2.38. The van der Waals surface area contributed by atoms with Crippen molar-refractivity contribution in [3.8, 4) is 0 Å². The normalized spacial score (nSPS) is 19.4. The van der Waals surface area contributed by atoms with E-state index in [4.69, 9.17) is 0 Å². The Labute approximate surface area is 119 Å². The lowest BCUT2D eigenvalue weighted by atomic mass is 9.99. The maximum atomic E-state index is 12.1. The smallest absolute Gasteiger partial charge is 0.243 e. The molecule has 1 aliphatic rings. The molecule has 2 heterocycles. The molecule has 0 saturated carbocycles. The van der Waals surface area contributed by atoms with Crippen molar-refractivity contribution in [2.24, 2.45) is 5.92 Å². The van der Waals surface area contributed by atoms with Crippen LogP contribution in [0.5, 0.6) is 0 Å². The summed E-state index contributed by atoms with van der Waals surface area (Å²) in [6, 6.07) is 5.33. The highest BCUT2D eigenvalue weighted by atomic mass is 16.2. The first-order valence-electron chi connectivity index (χ1n) is 6.97. The molecular formula is C15H21N3O2. The van der Waals surface area contributed by atoms with Gasteiger partial charge in [0.15, 0.2) is 0 Å². The lowest BCUT2D eigenvalue weighted by Gasteiger charge is -2.35. The second-order valence-electron chi connectivity index (χ2n) is 5.66. The number of hydrogen-bond acceptors (Lipinski definition) is 3. The maximum Gasteiger partial charge on any atom is 0.243 e. The van der Waals surface area contributed by atoms with Gasteiger partial charge in [-0.3, -0.25) is 14.6 Å². The van der Waals surface area contributed by atoms with E-state index in [1.54, 1.807) is 4.90 Å². The van der Waals surface area contributed by atoms with Crippen LogP contribution in [0.1, 0.15) is 31.7 Å². The fourth-order valence-corrected chi connectivity index (χ4v) is 2.44. The number of amides is 2. The van der Waals surface area contributed by atoms with Gasteiger partial charge in [-0.05, 0) is 31.4 Å². The maximum absolute atomic E-state index is 12.1. The fourth-order valence-electron chi connectivity index (χ4n) is 2.44. The van der Waals surface area contributed by atoms with Crippen LogP contribution in [0.4, 0.5) is 0 Å². The van der Waals surface area contributed by atoms with E-state index in [0.717, 1.165) is 11.4 Å². The molecule has 0 spiro atoms. The molecule has 0 aliphatic carbocycles. The van der Waals surface area contributed by atoms with Gasteiger partial charge in [-0.2, -0.15) is 0 Å². The zero-order valence-electron chi connectivity index (χ0n) is 12.2. The number of nitrogens with zero attached hydrogens (tertiary/aromatic N) is 2. The molecule has 1 aliphatic heterocycles. The Kier molecular flexibility index (Phi) is 4.37. The minimum Gasteiger partial charge on any atom is -0.345 e. The minimum atomic E-state index is -0.390. The Balaban J connectivity index is 2.19. The SMILES string of the molecule is Cc1cccc(CN2C(=O)CNC(=O)C2CC(C)C)n1. The quantitative estimate of drug-likeness (QED) is 0.900. The molecule has 20 heavy (non-hydrogen) atoms. The Hall–Kier alpha value is -1.91. The van der Waals surface area contributed by atoms with Crippen LogP contribution in [0.15, 0.2) is 18.2 Å². The summed E-state index contributed by atoms with van der Waals surface area (Å²) in [5.41, 5.74) is 1.73. The standard InChI is InChI=1S/C15H21N3O2/c1-10(2)7-13-15(20)16-8-14(19)18(13)9-12-6-4-5-11(3)17-12/h4-6,10,13H,7-9H2,1-3H3,(H,16,20). The van der Waals surface area contributed by atoms with Crippen LogP contribution in [0.3, 0.4) is 0 Å². The number of rotatable bonds is 4. The van der Waals surface area contributed by atoms with Crippen molar-refractivity contribution in [3.05, 3.63) is 29.6 Å². The first-order valence-corrected chi connectivity index (χ1v) is 6.97. The highest BCUT2D eigenvalue weighted by Gasteiger charge is 2.34. The van der Waals surface area contributed by atoms with Gasteiger partial charge in [0, 0.05) is 5.69 Å². The molecule has 1 N–H and O–H groups in total. The van der Waals surface area contributed by atoms with E-state index in [2.05, 4.69) is 24.1 Å². The molecule has 2 rings (SSSR count). The van der Waals surface area contributed by atoms with Crippen molar-refractivity contribution in [1.29, 1.82) is 0 Å². The van der Waals surface area contributed by atoms with Gasteiger partial charge in [0.2, 0.25) is 11.8 Å². The van der Waals surface area contributed by atoms with Gasteiger partial charge in [-0.25, -0.2) is 0 Å². The van der Waals surface area contributed by atoms with Crippen molar-refractivity contribution >= 4 is 11.8 Å². The number of aromatic nitrogens is 1. The number of carbonyl (C=O) groups is 2. The number of carbonyl (C=O) groups excluding carboxylic acids is 2. The average molecular weight is 275 g/mol. The monoisotopic (exact) mass is 275 g/mol. The summed E-state index contributed by atoms with van der Waals surface area (Å²) in [6.07, 6.45) is 0.670. The summed E-state index contributed by atoms with van der Waals surface area (Å²) < 4.78 is 0. The van der Waals surface area contributed by atoms with E-state index < -0.39 is 6.04 Å². The Morgan fingerprint density at radius 3 is 2.80 bits per heavy atom. The fraction of sp³-hybridized carbons (Fsp3) is 0.533. The lowest BCUT2D eigenvalue weighted by Crippen LogP contribution is -2.58. The van der Waals surface area contributed by atoms with Gasteiger partial charge in [0.1, 0.15) is 6.04 Å². The van der Waals surface area contributed by atoms with E-state index in [0.29, 0.717) is 18.9 Å². The van der Waals surface area contributed by atoms with Crippen LogP contribution in [0.2, 0.25) is 0 Å². The van der Waals surface area contributed by atoms with E-state index in [-0.39, 0.29) is 18.4 Å². The highest BCUT2D eigenvalue weighted by Crippen LogP contribution is 2.17. The van der Waals surface area contributed by atoms with Gasteiger partial charge in [0.25, 0.3) is 0 Å². The van der Waals surface area contributed by atoms with Crippen molar-refractivity contribution in [2.45, 2.75) is 39.8 Å². The first kappa shape index (κ1) is 14.5. The van der Waals surface area contributed by atoms with Gasteiger partial charge in [-0.15, -0.1) is 0 Å². The molecule has 5 heteroatoms. The summed E-state index contributed by atoms with van der Waals surface area (Å²) in [6.45, 7) is 6.50. The summed E-state index contributed by atoms with van der Waals surface area (Å²) in [4.78, 5) is 30.2. The molecule has 0 aromatic carbocycles. The summed E-state index contributed by atoms with van der Waals surface area (Å²) >= 11 is 0. The van der Waals surface area contributed by atoms with Crippen LogP contribution in [-0.2, 0) is 16.1 Å². The highest BCUT2D eigenvalue weighted by molar-refractivity contribution is 5.94. The largest absolute Gasteiger partial charge is 0.345 e. The summed E-state index contributed by atoms with van der Waals surface area (Å²) in [5.74, 6) is 0.245. The lowest BCUT2D eigenvalue weighted by molar-refractivity contribution is -0.146. The van der Waals surface area contributed by atoms with Gasteiger partial charge in [0.05, 0.1) is 18.8 Å². The molecule has 1 unspecified atom stereocenters. The zero-order chi connectivity index (χ0) is 14.7. The molecule has 0 bridgehead atoms. The number of piperazine rings is 1. The predicted octanol–water partition coefficient (Wildman–Crippen LogP) is 1.26. The molecule has 108 valence electrons. The second-order valence-corrected chi connectivity index (χ2v) is 5.66. The third-order valence-electron chi connectivity index (χ3n) is 3.39. The minimum absolute atomic E-state index is 0.0430. The molecule has 1 saturated heterocycles. The topological polar surface area (TPSA) is 62.3 Å². The molecule has 1 aromatic heterocycles. The number of hydrogen-bond donors (Lipinski definition) is 1. The summed E-state index contributed by atoms with van der Waals surface area (Å²) in [7, 11) is 0. The van der Waals surface area contributed by atoms with E-state index in [9.17, 15) is 9.59 Å². The molecular weight excluding hydrogens is 254 g/mol. The van der Waals surface area contributed by atoms with Crippen LogP contribution < -0.4 is 5.32 Å². The molecule has 0 radical (unpaired) electrons. The van der Waals surface area contributed by atoms with Crippen molar-refractivity contribution < 1.29 is 9.59 Å². The zero-order valence-corrected chi connectivity index (χ0v) is 12.2. The molecule has 1 aromatic rings. The van der Waals surface area contributed by atoms with Crippen LogP contribution >= 0.6 is 0 Å². The Morgan fingerprint density at radius 2 is 2.15 bits per heavy atom. The Morgan fingerprint density at radius 1 is 1.40 bits per heavy atom. The Bertz CT molecular complexity index is 514. The van der Waals surface area contributed by atoms with Crippen molar-refractivity contribution in [3.63, 3.8) is 0 Å². The first-order chi connectivity index (χ1) is 9.47.